The molecule has 4 nitrogen and oxygen atoms in total. The molecule has 3 rings (SSSR count). The Morgan fingerprint density at radius 2 is 2.15 bits per heavy atom. The van der Waals surface area contributed by atoms with Gasteiger partial charge in [-0.25, -0.2) is 9.78 Å². The number of nitrogens with zero attached hydrogens (tertiary/aromatic N) is 2. The Balaban J connectivity index is 2.01. The van der Waals surface area contributed by atoms with Crippen LogP contribution in [-0.4, -0.2) is 29.1 Å². The van der Waals surface area contributed by atoms with Crippen molar-refractivity contribution in [3.8, 4) is 0 Å². The predicted octanol–water partition coefficient (Wildman–Crippen LogP) is 2.89. The molecule has 1 atom stereocenters. The van der Waals surface area contributed by atoms with Gasteiger partial charge in [0.1, 0.15) is 11.4 Å². The number of carboxylic acids is 1. The highest BCUT2D eigenvalue weighted by Crippen LogP contribution is 2.29. The lowest BCUT2D eigenvalue weighted by molar-refractivity contribution is 0.0696. The van der Waals surface area contributed by atoms with Gasteiger partial charge < -0.3 is 10.0 Å². The van der Waals surface area contributed by atoms with E-state index in [2.05, 4.69) is 11.8 Å². The molecule has 2 aliphatic rings. The monoisotopic (exact) mass is 274 g/mol. The lowest BCUT2D eigenvalue weighted by Gasteiger charge is -2.33. The third kappa shape index (κ3) is 2.51. The van der Waals surface area contributed by atoms with E-state index in [1.807, 2.05) is 6.07 Å². The summed E-state index contributed by atoms with van der Waals surface area (Å²) in [5.41, 5.74) is 2.65. The Labute approximate surface area is 119 Å². The Hall–Kier alpha value is -1.58. The van der Waals surface area contributed by atoms with E-state index in [0.29, 0.717) is 17.3 Å². The van der Waals surface area contributed by atoms with Gasteiger partial charge in [0.05, 0.1) is 0 Å². The quantitative estimate of drug-likeness (QED) is 0.901. The van der Waals surface area contributed by atoms with Gasteiger partial charge in [-0.3, -0.25) is 0 Å². The zero-order valence-corrected chi connectivity index (χ0v) is 12.1. The molecule has 20 heavy (non-hydrogen) atoms. The van der Waals surface area contributed by atoms with Gasteiger partial charge in [0, 0.05) is 18.8 Å². The lowest BCUT2D eigenvalue weighted by Crippen LogP contribution is -2.36. The van der Waals surface area contributed by atoms with E-state index in [9.17, 15) is 9.90 Å². The molecule has 0 spiro atoms. The van der Waals surface area contributed by atoms with Crippen LogP contribution in [0.4, 0.5) is 5.82 Å². The van der Waals surface area contributed by atoms with Gasteiger partial charge in [0.2, 0.25) is 0 Å². The van der Waals surface area contributed by atoms with Gasteiger partial charge in [-0.15, -0.1) is 0 Å². The highest BCUT2D eigenvalue weighted by molar-refractivity contribution is 5.93. The molecule has 0 radical (unpaired) electrons. The molecule has 108 valence electrons. The second-order valence-corrected chi connectivity index (χ2v) is 6.17. The topological polar surface area (TPSA) is 53.4 Å². The van der Waals surface area contributed by atoms with Crippen molar-refractivity contribution in [1.82, 2.24) is 4.98 Å². The van der Waals surface area contributed by atoms with Crippen molar-refractivity contribution in [2.24, 2.45) is 5.92 Å². The molecule has 1 saturated heterocycles. The number of aromatic carboxylic acids is 1. The number of piperidine rings is 1. The molecule has 2 heterocycles. The van der Waals surface area contributed by atoms with Gasteiger partial charge in [-0.1, -0.05) is 6.92 Å². The van der Waals surface area contributed by atoms with Crippen molar-refractivity contribution in [3.63, 3.8) is 0 Å². The maximum absolute atomic E-state index is 11.6. The standard InChI is InChI=1S/C16H22N2O2/c1-11-5-4-8-18(10-11)15-13(16(19)20)9-12-6-2-3-7-14(12)17-15/h9,11H,2-8,10H2,1H3,(H,19,20). The summed E-state index contributed by atoms with van der Waals surface area (Å²) in [5, 5.41) is 9.50. The normalized spacial score (nSPS) is 22.4. The molecule has 1 unspecified atom stereocenters. The SMILES string of the molecule is CC1CCCN(c2nc3c(cc2C(=O)O)CCCC3)C1. The van der Waals surface area contributed by atoms with Crippen molar-refractivity contribution >= 4 is 11.8 Å². The smallest absolute Gasteiger partial charge is 0.339 e. The zero-order chi connectivity index (χ0) is 14.1. The first-order chi connectivity index (χ1) is 9.65. The van der Waals surface area contributed by atoms with Gasteiger partial charge in [0.15, 0.2) is 0 Å². The molecule has 1 aromatic heterocycles. The number of fused-ring (bicyclic) bond motifs is 1. The summed E-state index contributed by atoms with van der Waals surface area (Å²) in [5.74, 6) is 0.465. The third-order valence-electron chi connectivity index (χ3n) is 4.47. The largest absolute Gasteiger partial charge is 0.478 e. The van der Waals surface area contributed by atoms with Crippen molar-refractivity contribution in [2.75, 3.05) is 18.0 Å². The molecule has 1 fully saturated rings. The summed E-state index contributed by atoms with van der Waals surface area (Å²) in [4.78, 5) is 18.5. The molecular formula is C16H22N2O2. The molecule has 0 bridgehead atoms. The fourth-order valence-electron chi connectivity index (χ4n) is 3.40. The fourth-order valence-corrected chi connectivity index (χ4v) is 3.40. The average molecular weight is 274 g/mol. The van der Waals surface area contributed by atoms with Crippen molar-refractivity contribution in [3.05, 3.63) is 22.9 Å². The van der Waals surface area contributed by atoms with E-state index in [0.717, 1.165) is 50.0 Å². The Bertz CT molecular complexity index is 527. The van der Waals surface area contributed by atoms with E-state index >= 15 is 0 Å². The number of hydrogen-bond donors (Lipinski definition) is 1. The maximum Gasteiger partial charge on any atom is 0.339 e. The van der Waals surface area contributed by atoms with Gasteiger partial charge in [0.25, 0.3) is 0 Å². The first kappa shape index (κ1) is 13.4. The molecular weight excluding hydrogens is 252 g/mol. The second-order valence-electron chi connectivity index (χ2n) is 6.17. The molecule has 0 saturated carbocycles. The number of hydrogen-bond acceptors (Lipinski definition) is 3. The van der Waals surface area contributed by atoms with Gasteiger partial charge in [-0.2, -0.15) is 0 Å². The van der Waals surface area contributed by atoms with E-state index in [1.165, 1.54) is 12.8 Å². The van der Waals surface area contributed by atoms with Crippen LogP contribution in [0.25, 0.3) is 0 Å². The van der Waals surface area contributed by atoms with Crippen molar-refractivity contribution in [1.29, 1.82) is 0 Å². The summed E-state index contributed by atoms with van der Waals surface area (Å²) in [6.45, 7) is 4.08. The summed E-state index contributed by atoms with van der Waals surface area (Å²) >= 11 is 0. The summed E-state index contributed by atoms with van der Waals surface area (Å²) in [6.07, 6.45) is 6.63. The van der Waals surface area contributed by atoms with Crippen LogP contribution in [0.3, 0.4) is 0 Å². The van der Waals surface area contributed by atoms with Crippen LogP contribution in [0.1, 0.15) is 54.2 Å². The van der Waals surface area contributed by atoms with Crippen LogP contribution in [0.15, 0.2) is 6.07 Å². The van der Waals surface area contributed by atoms with Crippen LogP contribution in [0, 0.1) is 5.92 Å². The van der Waals surface area contributed by atoms with Crippen LogP contribution in [0.5, 0.6) is 0 Å². The number of aryl methyl sites for hydroxylation is 2. The zero-order valence-electron chi connectivity index (χ0n) is 12.1. The average Bonchev–Trinajstić information content (AvgIpc) is 2.46. The van der Waals surface area contributed by atoms with Crippen molar-refractivity contribution in [2.45, 2.75) is 45.4 Å². The number of carbonyl (C=O) groups is 1. The number of aromatic nitrogens is 1. The minimum Gasteiger partial charge on any atom is -0.478 e. The fraction of sp³-hybridized carbons (Fsp3) is 0.625. The van der Waals surface area contributed by atoms with Gasteiger partial charge in [-0.05, 0) is 56.1 Å². The van der Waals surface area contributed by atoms with E-state index in [4.69, 9.17) is 4.98 Å². The first-order valence-electron chi connectivity index (χ1n) is 7.66. The van der Waals surface area contributed by atoms with E-state index in [1.54, 1.807) is 0 Å². The third-order valence-corrected chi connectivity index (χ3v) is 4.47. The Kier molecular flexibility index (Phi) is 3.64. The second kappa shape index (κ2) is 5.43. The van der Waals surface area contributed by atoms with E-state index in [-0.39, 0.29) is 0 Å². The summed E-state index contributed by atoms with van der Waals surface area (Å²) in [7, 11) is 0. The predicted molar refractivity (Wildman–Crippen MR) is 78.4 cm³/mol. The molecule has 0 aromatic carbocycles. The molecule has 4 heteroatoms. The van der Waals surface area contributed by atoms with E-state index < -0.39 is 5.97 Å². The van der Waals surface area contributed by atoms with Crippen LogP contribution in [-0.2, 0) is 12.8 Å². The number of pyridine rings is 1. The first-order valence-corrected chi connectivity index (χ1v) is 7.66. The van der Waals surface area contributed by atoms with Crippen LogP contribution < -0.4 is 4.90 Å². The van der Waals surface area contributed by atoms with Crippen LogP contribution in [0.2, 0.25) is 0 Å². The lowest BCUT2D eigenvalue weighted by atomic mass is 9.94. The molecule has 1 aliphatic carbocycles. The highest BCUT2D eigenvalue weighted by Gasteiger charge is 2.25. The number of anilines is 1. The highest BCUT2D eigenvalue weighted by atomic mass is 16.4. The minimum atomic E-state index is -0.848. The Morgan fingerprint density at radius 3 is 2.90 bits per heavy atom. The summed E-state index contributed by atoms with van der Waals surface area (Å²) < 4.78 is 0. The number of rotatable bonds is 2. The molecule has 1 aromatic rings. The molecule has 1 aliphatic heterocycles. The van der Waals surface area contributed by atoms with Crippen LogP contribution >= 0.6 is 0 Å². The minimum absolute atomic E-state index is 0.389. The Morgan fingerprint density at radius 1 is 1.35 bits per heavy atom. The number of carboxylic acid groups (broad SMARTS) is 1. The molecule has 1 N–H and O–H groups in total. The van der Waals surface area contributed by atoms with Gasteiger partial charge >= 0.3 is 5.97 Å². The summed E-state index contributed by atoms with van der Waals surface area (Å²) in [6, 6.07) is 1.87. The maximum atomic E-state index is 11.6. The molecule has 0 amide bonds. The van der Waals surface area contributed by atoms with Crippen molar-refractivity contribution < 1.29 is 9.90 Å².